The van der Waals surface area contributed by atoms with Crippen LogP contribution >= 0.6 is 0 Å². The second-order valence-electron chi connectivity index (χ2n) is 5.65. The normalized spacial score (nSPS) is 13.3. The first-order chi connectivity index (χ1) is 10.4. The van der Waals surface area contributed by atoms with E-state index in [1.807, 2.05) is 24.3 Å². The second kappa shape index (κ2) is 8.41. The Balaban J connectivity index is 2.63. The molecule has 1 aromatic rings. The topological polar surface area (TPSA) is 66.8 Å². The zero-order valence-electron chi connectivity index (χ0n) is 13.7. The van der Waals surface area contributed by atoms with Crippen LogP contribution in [0.25, 0.3) is 0 Å². The van der Waals surface area contributed by atoms with E-state index in [2.05, 4.69) is 13.8 Å². The van der Waals surface area contributed by atoms with Crippen LogP contribution in [-0.4, -0.2) is 42.1 Å². The van der Waals surface area contributed by atoms with Gasteiger partial charge in [0.25, 0.3) is 5.91 Å². The molecular formula is C17H25NO4. The molecule has 0 aliphatic heterocycles. The van der Waals surface area contributed by atoms with Gasteiger partial charge in [-0.3, -0.25) is 9.59 Å². The number of aliphatic carboxylic acids is 1. The molecule has 0 saturated carbocycles. The lowest BCUT2D eigenvalue weighted by Gasteiger charge is -2.21. The van der Waals surface area contributed by atoms with Gasteiger partial charge in [0.2, 0.25) is 0 Å². The summed E-state index contributed by atoms with van der Waals surface area (Å²) in [6, 6.07) is 7.69. The lowest BCUT2D eigenvalue weighted by Crippen LogP contribution is -2.36. The Morgan fingerprint density at radius 1 is 1.27 bits per heavy atom. The molecule has 0 spiro atoms. The summed E-state index contributed by atoms with van der Waals surface area (Å²) in [7, 11) is 1.59. The number of carbonyl (C=O) groups is 2. The average Bonchev–Trinajstić information content (AvgIpc) is 2.51. The molecule has 0 fully saturated rings. The van der Waals surface area contributed by atoms with E-state index in [-0.39, 0.29) is 19.1 Å². The van der Waals surface area contributed by atoms with Crippen LogP contribution in [0, 0.1) is 5.92 Å². The first-order valence-electron chi connectivity index (χ1n) is 7.55. The zero-order chi connectivity index (χ0) is 16.7. The number of nitrogens with zero attached hydrogens (tertiary/aromatic N) is 1. The average molecular weight is 307 g/mol. The number of benzene rings is 1. The highest BCUT2D eigenvalue weighted by Crippen LogP contribution is 2.28. The van der Waals surface area contributed by atoms with Crippen LogP contribution < -0.4 is 4.74 Å². The first kappa shape index (κ1) is 18.0. The molecule has 0 heterocycles. The molecule has 5 heteroatoms. The number of hydrogen-bond donors (Lipinski definition) is 1. The molecule has 2 atom stereocenters. The Kier molecular flexibility index (Phi) is 6.89. The summed E-state index contributed by atoms with van der Waals surface area (Å²) in [5, 5.41) is 8.88. The van der Waals surface area contributed by atoms with Crippen LogP contribution in [0.4, 0.5) is 0 Å². The van der Waals surface area contributed by atoms with Crippen molar-refractivity contribution in [3.8, 4) is 5.75 Å². The molecule has 1 amide bonds. The second-order valence-corrected chi connectivity index (χ2v) is 5.65. The maximum atomic E-state index is 12.0. The predicted molar refractivity (Wildman–Crippen MR) is 85.1 cm³/mol. The molecule has 0 saturated heterocycles. The van der Waals surface area contributed by atoms with Crippen LogP contribution in [0.5, 0.6) is 5.75 Å². The van der Waals surface area contributed by atoms with Gasteiger partial charge in [0.05, 0.1) is 5.92 Å². The third kappa shape index (κ3) is 5.06. The molecule has 1 N–H and O–H groups in total. The molecule has 0 aliphatic carbocycles. The van der Waals surface area contributed by atoms with Crippen molar-refractivity contribution in [1.29, 1.82) is 0 Å². The van der Waals surface area contributed by atoms with E-state index in [0.717, 1.165) is 12.0 Å². The molecule has 0 bridgehead atoms. The first-order valence-corrected chi connectivity index (χ1v) is 7.55. The van der Waals surface area contributed by atoms with E-state index >= 15 is 0 Å². The van der Waals surface area contributed by atoms with Crippen molar-refractivity contribution in [2.75, 3.05) is 20.2 Å². The summed E-state index contributed by atoms with van der Waals surface area (Å²) in [4.78, 5) is 24.2. The van der Waals surface area contributed by atoms with Crippen molar-refractivity contribution in [1.82, 2.24) is 4.90 Å². The fourth-order valence-corrected chi connectivity index (χ4v) is 2.08. The van der Waals surface area contributed by atoms with Gasteiger partial charge in [-0.15, -0.1) is 0 Å². The summed E-state index contributed by atoms with van der Waals surface area (Å²) in [5.41, 5.74) is 1.08. The van der Waals surface area contributed by atoms with Crippen LogP contribution in [0.2, 0.25) is 0 Å². The van der Waals surface area contributed by atoms with E-state index in [1.54, 1.807) is 14.0 Å². The van der Waals surface area contributed by atoms with Crippen molar-refractivity contribution >= 4 is 11.9 Å². The third-order valence-electron chi connectivity index (χ3n) is 3.81. The molecule has 122 valence electrons. The summed E-state index contributed by atoms with van der Waals surface area (Å²) in [6.45, 7) is 5.88. The Morgan fingerprint density at radius 2 is 1.91 bits per heavy atom. The highest BCUT2D eigenvalue weighted by atomic mass is 16.5. The Bertz CT molecular complexity index is 515. The van der Waals surface area contributed by atoms with Crippen molar-refractivity contribution in [3.63, 3.8) is 0 Å². The van der Waals surface area contributed by atoms with Gasteiger partial charge >= 0.3 is 5.97 Å². The molecular weight excluding hydrogens is 282 g/mol. The predicted octanol–water partition coefficient (Wildman–Crippen LogP) is 2.76. The van der Waals surface area contributed by atoms with E-state index < -0.39 is 11.9 Å². The summed E-state index contributed by atoms with van der Waals surface area (Å²) in [6.07, 6.45) is 0.990. The summed E-state index contributed by atoms with van der Waals surface area (Å²) < 4.78 is 5.65. The number of ether oxygens (including phenoxy) is 1. The number of likely N-dealkylation sites (N-methyl/N-ethyl adjacent to an activating group) is 1. The van der Waals surface area contributed by atoms with E-state index in [4.69, 9.17) is 9.84 Å². The van der Waals surface area contributed by atoms with Gasteiger partial charge in [0.1, 0.15) is 5.75 Å². The zero-order valence-corrected chi connectivity index (χ0v) is 13.7. The number of carbonyl (C=O) groups excluding carboxylic acids is 1. The molecule has 0 aromatic heterocycles. The van der Waals surface area contributed by atoms with E-state index in [1.165, 1.54) is 4.90 Å². The molecule has 2 unspecified atom stereocenters. The van der Waals surface area contributed by atoms with Gasteiger partial charge < -0.3 is 14.7 Å². The van der Waals surface area contributed by atoms with Gasteiger partial charge in [-0.1, -0.05) is 39.0 Å². The van der Waals surface area contributed by atoms with E-state index in [0.29, 0.717) is 11.7 Å². The van der Waals surface area contributed by atoms with Gasteiger partial charge in [0.15, 0.2) is 6.61 Å². The van der Waals surface area contributed by atoms with Crippen molar-refractivity contribution in [3.05, 3.63) is 29.8 Å². The lowest BCUT2D eigenvalue weighted by molar-refractivity contribution is -0.143. The fraction of sp³-hybridized carbons (Fsp3) is 0.529. The molecule has 0 aliphatic rings. The van der Waals surface area contributed by atoms with Crippen molar-refractivity contribution in [2.45, 2.75) is 33.1 Å². The smallest absolute Gasteiger partial charge is 0.308 e. The minimum atomic E-state index is -0.914. The number of carboxylic acid groups (broad SMARTS) is 1. The summed E-state index contributed by atoms with van der Waals surface area (Å²) in [5.74, 6) is -0.669. The van der Waals surface area contributed by atoms with E-state index in [9.17, 15) is 9.59 Å². The number of rotatable bonds is 8. The van der Waals surface area contributed by atoms with Crippen LogP contribution in [-0.2, 0) is 9.59 Å². The highest BCUT2D eigenvalue weighted by molar-refractivity contribution is 5.78. The largest absolute Gasteiger partial charge is 0.483 e. The third-order valence-corrected chi connectivity index (χ3v) is 3.81. The number of carboxylic acids is 1. The minimum absolute atomic E-state index is 0.0870. The highest BCUT2D eigenvalue weighted by Gasteiger charge is 2.18. The van der Waals surface area contributed by atoms with Gasteiger partial charge in [-0.2, -0.15) is 0 Å². The maximum Gasteiger partial charge on any atom is 0.308 e. The Hall–Kier alpha value is -2.04. The monoisotopic (exact) mass is 307 g/mol. The Morgan fingerprint density at radius 3 is 2.50 bits per heavy atom. The maximum absolute atomic E-state index is 12.0. The van der Waals surface area contributed by atoms with Crippen LogP contribution in [0.3, 0.4) is 0 Å². The van der Waals surface area contributed by atoms with Gasteiger partial charge in [0, 0.05) is 13.6 Å². The Labute approximate surface area is 131 Å². The molecule has 0 radical (unpaired) electrons. The SMILES string of the molecule is CCC(C)c1ccccc1OCC(=O)N(C)CC(C)C(=O)O. The number of hydrogen-bond acceptors (Lipinski definition) is 3. The summed E-state index contributed by atoms with van der Waals surface area (Å²) >= 11 is 0. The van der Waals surface area contributed by atoms with Crippen LogP contribution in [0.15, 0.2) is 24.3 Å². The van der Waals surface area contributed by atoms with Crippen molar-refractivity contribution in [2.24, 2.45) is 5.92 Å². The standard InChI is InChI=1S/C17H25NO4/c1-5-12(2)14-8-6-7-9-15(14)22-11-16(19)18(4)10-13(3)17(20)21/h6-9,12-13H,5,10-11H2,1-4H3,(H,20,21). The molecule has 1 aromatic carbocycles. The van der Waals surface area contributed by atoms with Crippen molar-refractivity contribution < 1.29 is 19.4 Å². The van der Waals surface area contributed by atoms with Crippen LogP contribution in [0.1, 0.15) is 38.7 Å². The molecule has 5 nitrogen and oxygen atoms in total. The fourth-order valence-electron chi connectivity index (χ4n) is 2.08. The molecule has 1 rings (SSSR count). The van der Waals surface area contributed by atoms with Gasteiger partial charge in [-0.25, -0.2) is 0 Å². The lowest BCUT2D eigenvalue weighted by atomic mass is 9.98. The minimum Gasteiger partial charge on any atom is -0.483 e. The number of amides is 1. The number of para-hydroxylation sites is 1. The quantitative estimate of drug-likeness (QED) is 0.802. The van der Waals surface area contributed by atoms with Gasteiger partial charge in [-0.05, 0) is 24.0 Å². The molecule has 22 heavy (non-hydrogen) atoms.